The molecule has 0 spiro atoms. The van der Waals surface area contributed by atoms with Gasteiger partial charge in [-0.15, -0.1) is 0 Å². The van der Waals surface area contributed by atoms with Crippen LogP contribution in [-0.2, 0) is 0 Å². The van der Waals surface area contributed by atoms with Gasteiger partial charge in [0.05, 0.1) is 0 Å². The Morgan fingerprint density at radius 1 is 1.60 bits per heavy atom. The van der Waals surface area contributed by atoms with Crippen molar-refractivity contribution in [3.05, 3.63) is 12.4 Å². The van der Waals surface area contributed by atoms with Crippen molar-refractivity contribution in [1.29, 1.82) is 5.26 Å². The highest BCUT2D eigenvalue weighted by molar-refractivity contribution is 5.04. The van der Waals surface area contributed by atoms with E-state index in [1.807, 2.05) is 36.2 Å². The lowest BCUT2D eigenvalue weighted by Crippen LogP contribution is -2.34. The summed E-state index contributed by atoms with van der Waals surface area (Å²) in [5.74, 6) is 0. The topological polar surface area (TPSA) is 30.3 Å². The van der Waals surface area contributed by atoms with E-state index in [1.54, 1.807) is 0 Å². The highest BCUT2D eigenvalue weighted by atomic mass is 15.4. The zero-order chi connectivity index (χ0) is 7.56. The number of nitrogens with zero attached hydrogens (tertiary/aromatic N) is 3. The molecule has 10 heavy (non-hydrogen) atoms. The molecule has 0 aliphatic carbocycles. The van der Waals surface area contributed by atoms with Crippen LogP contribution in [-0.4, -0.2) is 29.6 Å². The molecule has 3 heteroatoms. The molecule has 0 bridgehead atoms. The van der Waals surface area contributed by atoms with Crippen LogP contribution in [0.25, 0.3) is 0 Å². The Hall–Kier alpha value is -1.17. The van der Waals surface area contributed by atoms with E-state index < -0.39 is 0 Å². The summed E-state index contributed by atoms with van der Waals surface area (Å²) in [4.78, 5) is 3.88. The van der Waals surface area contributed by atoms with Crippen LogP contribution in [0.15, 0.2) is 12.4 Å². The molecule has 54 valence electrons. The molecule has 0 amide bonds. The molecule has 1 unspecified atom stereocenters. The molecule has 0 saturated carbocycles. The molecule has 0 aromatic heterocycles. The Balaban J connectivity index is 2.64. The van der Waals surface area contributed by atoms with E-state index in [4.69, 9.17) is 5.26 Å². The van der Waals surface area contributed by atoms with Crippen LogP contribution < -0.4 is 0 Å². The summed E-state index contributed by atoms with van der Waals surface area (Å²) < 4.78 is 0. The number of nitriles is 1. The molecule has 0 N–H and O–H groups in total. The van der Waals surface area contributed by atoms with E-state index in [0.717, 1.165) is 6.54 Å². The van der Waals surface area contributed by atoms with Crippen LogP contribution in [0.3, 0.4) is 0 Å². The Labute approximate surface area is 61.1 Å². The summed E-state index contributed by atoms with van der Waals surface area (Å²) in [7, 11) is 1.90. The first-order chi connectivity index (χ1) is 4.79. The maximum absolute atomic E-state index is 8.66. The average Bonchev–Trinajstić information content (AvgIpc) is 2.30. The predicted octanol–water partition coefficient (Wildman–Crippen LogP) is 0.575. The van der Waals surface area contributed by atoms with E-state index in [9.17, 15) is 0 Å². The smallest absolute Gasteiger partial charge is 0.191 e. The summed E-state index contributed by atoms with van der Waals surface area (Å²) in [6.45, 7) is 2.92. The first-order valence-corrected chi connectivity index (χ1v) is 3.35. The summed E-state index contributed by atoms with van der Waals surface area (Å²) in [6, 6.07) is 2.20. The van der Waals surface area contributed by atoms with Gasteiger partial charge in [-0.05, 0) is 6.92 Å². The van der Waals surface area contributed by atoms with Crippen LogP contribution in [0.1, 0.15) is 6.92 Å². The van der Waals surface area contributed by atoms with E-state index in [0.29, 0.717) is 0 Å². The largest absolute Gasteiger partial charge is 0.347 e. The third kappa shape index (κ3) is 0.926. The van der Waals surface area contributed by atoms with Gasteiger partial charge < -0.3 is 9.80 Å². The van der Waals surface area contributed by atoms with Gasteiger partial charge in [0.2, 0.25) is 0 Å². The number of rotatable bonds is 1. The van der Waals surface area contributed by atoms with Crippen molar-refractivity contribution in [2.24, 2.45) is 0 Å². The Bertz CT molecular complexity index is 180. The fraction of sp³-hybridized carbons (Fsp3) is 0.571. The second-order valence-corrected chi connectivity index (χ2v) is 2.30. The molecule has 3 nitrogen and oxygen atoms in total. The Morgan fingerprint density at radius 2 is 2.30 bits per heavy atom. The van der Waals surface area contributed by atoms with Crippen molar-refractivity contribution in [2.45, 2.75) is 13.1 Å². The summed E-state index contributed by atoms with van der Waals surface area (Å²) in [5, 5.41) is 8.66. The van der Waals surface area contributed by atoms with Crippen LogP contribution in [0.4, 0.5) is 0 Å². The first kappa shape index (κ1) is 6.94. The van der Waals surface area contributed by atoms with E-state index in [2.05, 4.69) is 6.07 Å². The van der Waals surface area contributed by atoms with Crippen molar-refractivity contribution in [3.63, 3.8) is 0 Å². The standard InChI is InChI=1S/C7H11N3/c1-3-10-5-4-9(2)7(10)6-8/h4-5,7H,3H2,1-2H3. The van der Waals surface area contributed by atoms with Crippen molar-refractivity contribution in [2.75, 3.05) is 13.6 Å². The zero-order valence-electron chi connectivity index (χ0n) is 6.28. The second-order valence-electron chi connectivity index (χ2n) is 2.30. The number of hydrogen-bond acceptors (Lipinski definition) is 3. The lowest BCUT2D eigenvalue weighted by Gasteiger charge is -2.22. The van der Waals surface area contributed by atoms with Crippen LogP contribution in [0.2, 0.25) is 0 Å². The predicted molar refractivity (Wildman–Crippen MR) is 38.7 cm³/mol. The Morgan fingerprint density at radius 3 is 2.70 bits per heavy atom. The number of hydrogen-bond donors (Lipinski definition) is 0. The Kier molecular flexibility index (Phi) is 1.81. The molecule has 0 aromatic carbocycles. The minimum absolute atomic E-state index is 0.0926. The first-order valence-electron chi connectivity index (χ1n) is 3.35. The minimum atomic E-state index is -0.0926. The third-order valence-electron chi connectivity index (χ3n) is 1.67. The van der Waals surface area contributed by atoms with E-state index in [1.165, 1.54) is 0 Å². The van der Waals surface area contributed by atoms with Crippen LogP contribution >= 0.6 is 0 Å². The summed E-state index contributed by atoms with van der Waals surface area (Å²) >= 11 is 0. The van der Waals surface area contributed by atoms with Crippen LogP contribution in [0.5, 0.6) is 0 Å². The lowest BCUT2D eigenvalue weighted by atomic mass is 10.4. The van der Waals surface area contributed by atoms with Gasteiger partial charge in [0.1, 0.15) is 6.07 Å². The third-order valence-corrected chi connectivity index (χ3v) is 1.67. The summed E-state index contributed by atoms with van der Waals surface area (Å²) in [6.07, 6.45) is 3.76. The maximum Gasteiger partial charge on any atom is 0.191 e. The highest BCUT2D eigenvalue weighted by Crippen LogP contribution is 2.11. The van der Waals surface area contributed by atoms with Gasteiger partial charge in [-0.2, -0.15) is 5.26 Å². The second kappa shape index (κ2) is 2.61. The van der Waals surface area contributed by atoms with Gasteiger partial charge in [0, 0.05) is 26.0 Å². The van der Waals surface area contributed by atoms with Gasteiger partial charge in [-0.3, -0.25) is 0 Å². The van der Waals surface area contributed by atoms with Gasteiger partial charge in [0.25, 0.3) is 0 Å². The molecule has 0 saturated heterocycles. The molecule has 1 heterocycles. The zero-order valence-corrected chi connectivity index (χ0v) is 6.28. The fourth-order valence-corrected chi connectivity index (χ4v) is 1.03. The van der Waals surface area contributed by atoms with Gasteiger partial charge >= 0.3 is 0 Å². The van der Waals surface area contributed by atoms with Gasteiger partial charge in [-0.1, -0.05) is 0 Å². The molecular formula is C7H11N3. The lowest BCUT2D eigenvalue weighted by molar-refractivity contribution is 0.238. The van der Waals surface area contributed by atoms with Gasteiger partial charge in [0.15, 0.2) is 6.17 Å². The molecule has 0 radical (unpaired) electrons. The van der Waals surface area contributed by atoms with Crippen molar-refractivity contribution >= 4 is 0 Å². The molecule has 1 rings (SSSR count). The van der Waals surface area contributed by atoms with Crippen molar-refractivity contribution < 1.29 is 0 Å². The molecule has 0 fully saturated rings. The average molecular weight is 137 g/mol. The van der Waals surface area contributed by atoms with E-state index in [-0.39, 0.29) is 6.17 Å². The molecule has 1 aliphatic rings. The monoisotopic (exact) mass is 137 g/mol. The fourth-order valence-electron chi connectivity index (χ4n) is 1.03. The van der Waals surface area contributed by atoms with Gasteiger partial charge in [-0.25, -0.2) is 0 Å². The SMILES string of the molecule is CCN1C=CN(C)C1C#N. The molecule has 1 aliphatic heterocycles. The molecular weight excluding hydrogens is 126 g/mol. The minimum Gasteiger partial charge on any atom is -0.347 e. The van der Waals surface area contributed by atoms with Crippen LogP contribution in [0, 0.1) is 11.3 Å². The summed E-state index contributed by atoms with van der Waals surface area (Å²) in [5.41, 5.74) is 0. The normalized spacial score (nSPS) is 23.5. The maximum atomic E-state index is 8.66. The molecule has 0 aromatic rings. The van der Waals surface area contributed by atoms with E-state index >= 15 is 0 Å². The van der Waals surface area contributed by atoms with Crippen molar-refractivity contribution in [1.82, 2.24) is 9.80 Å². The quantitative estimate of drug-likeness (QED) is 0.529. The van der Waals surface area contributed by atoms with Crippen molar-refractivity contribution in [3.8, 4) is 6.07 Å². The highest BCUT2D eigenvalue weighted by Gasteiger charge is 2.20. The molecule has 1 atom stereocenters.